The van der Waals surface area contributed by atoms with Gasteiger partial charge in [0, 0.05) is 38.3 Å². The summed E-state index contributed by atoms with van der Waals surface area (Å²) in [6.07, 6.45) is 69.1. The normalized spacial score (nSPS) is 11.9. The molecule has 0 amide bonds. The Hall–Kier alpha value is -0.120. The summed E-state index contributed by atoms with van der Waals surface area (Å²) in [6.45, 7) is 13.8. The second-order valence-corrected chi connectivity index (χ2v) is 20.3. The average molecular weight is 861 g/mol. The van der Waals surface area contributed by atoms with Crippen LogP contribution < -0.4 is 16.0 Å². The van der Waals surface area contributed by atoms with Gasteiger partial charge in [0.1, 0.15) is 0 Å². The Bertz CT molecular complexity index is 629. The molecule has 3 nitrogen and oxygen atoms in total. The van der Waals surface area contributed by atoms with Crippen LogP contribution in [0.1, 0.15) is 336 Å². The van der Waals surface area contributed by atoms with Crippen LogP contribution in [-0.2, 0) is 0 Å². The highest BCUT2D eigenvalue weighted by molar-refractivity contribution is 4.71. The molecule has 0 aliphatic carbocycles. The van der Waals surface area contributed by atoms with Crippen molar-refractivity contribution in [1.29, 1.82) is 0 Å². The van der Waals surface area contributed by atoms with Crippen molar-refractivity contribution in [2.45, 2.75) is 348 Å². The van der Waals surface area contributed by atoms with E-state index in [4.69, 9.17) is 0 Å². The standard InChI is InChI=1S/C58H121N3/c1-5-9-13-17-21-25-29-33-37-41-45-49-57(50-46-42-38-34-30-26-22-18-14-10-6-2)60-55-53-59-54-56-61-58(51-47-43-39-35-31-27-23-19-15-11-7-3)52-48-44-40-36-32-28-24-20-16-12-8-4/h57-61H,5-56H2,1-4H3. The topological polar surface area (TPSA) is 36.1 Å². The number of hydrogen-bond acceptors (Lipinski definition) is 3. The molecule has 0 saturated carbocycles. The second kappa shape index (κ2) is 56.0. The van der Waals surface area contributed by atoms with Crippen LogP contribution in [-0.4, -0.2) is 38.3 Å². The molecule has 368 valence electrons. The summed E-state index contributed by atoms with van der Waals surface area (Å²) in [5.74, 6) is 0. The lowest BCUT2D eigenvalue weighted by molar-refractivity contribution is 0.398. The van der Waals surface area contributed by atoms with Crippen LogP contribution in [0.5, 0.6) is 0 Å². The van der Waals surface area contributed by atoms with Gasteiger partial charge in [-0.15, -0.1) is 0 Å². The van der Waals surface area contributed by atoms with Crippen molar-refractivity contribution in [3.05, 3.63) is 0 Å². The minimum atomic E-state index is 0.720. The molecule has 0 spiro atoms. The highest BCUT2D eigenvalue weighted by Gasteiger charge is 2.10. The maximum atomic E-state index is 4.03. The van der Waals surface area contributed by atoms with Crippen LogP contribution >= 0.6 is 0 Å². The molecule has 0 aromatic heterocycles. The van der Waals surface area contributed by atoms with E-state index in [1.54, 1.807) is 0 Å². The molecule has 0 saturated heterocycles. The molecule has 0 aliphatic rings. The summed E-state index contributed by atoms with van der Waals surface area (Å²) in [5, 5.41) is 11.9. The van der Waals surface area contributed by atoms with E-state index in [0.717, 1.165) is 38.3 Å². The smallest absolute Gasteiger partial charge is 0.00793 e. The van der Waals surface area contributed by atoms with Crippen LogP contribution in [0.15, 0.2) is 0 Å². The number of nitrogens with one attached hydrogen (secondary N) is 3. The van der Waals surface area contributed by atoms with Crippen molar-refractivity contribution < 1.29 is 0 Å². The maximum absolute atomic E-state index is 4.03. The largest absolute Gasteiger partial charge is 0.314 e. The van der Waals surface area contributed by atoms with Crippen LogP contribution in [0.4, 0.5) is 0 Å². The molecule has 0 heterocycles. The molecule has 0 aromatic rings. The lowest BCUT2D eigenvalue weighted by Gasteiger charge is -2.20. The Balaban J connectivity index is 4.47. The Labute approximate surface area is 388 Å². The number of hydrogen-bond donors (Lipinski definition) is 3. The molecule has 0 radical (unpaired) electrons. The first-order valence-electron chi connectivity index (χ1n) is 29.5. The molecular weight excluding hydrogens is 739 g/mol. The van der Waals surface area contributed by atoms with Crippen molar-refractivity contribution >= 4 is 0 Å². The van der Waals surface area contributed by atoms with Crippen molar-refractivity contribution in [2.24, 2.45) is 0 Å². The van der Waals surface area contributed by atoms with E-state index in [1.165, 1.54) is 308 Å². The van der Waals surface area contributed by atoms with E-state index < -0.39 is 0 Å². The Kier molecular flexibility index (Phi) is 55.9. The Morgan fingerprint density at radius 2 is 0.361 bits per heavy atom. The van der Waals surface area contributed by atoms with Gasteiger partial charge in [0.2, 0.25) is 0 Å². The van der Waals surface area contributed by atoms with Gasteiger partial charge in [0.05, 0.1) is 0 Å². The lowest BCUT2D eigenvalue weighted by atomic mass is 9.99. The zero-order valence-electron chi connectivity index (χ0n) is 43.4. The fourth-order valence-electron chi connectivity index (χ4n) is 9.77. The highest BCUT2D eigenvalue weighted by Crippen LogP contribution is 2.19. The van der Waals surface area contributed by atoms with Crippen LogP contribution in [0.3, 0.4) is 0 Å². The summed E-state index contributed by atoms with van der Waals surface area (Å²) in [7, 11) is 0. The van der Waals surface area contributed by atoms with Crippen LogP contribution in [0, 0.1) is 0 Å². The predicted molar refractivity (Wildman–Crippen MR) is 281 cm³/mol. The zero-order valence-corrected chi connectivity index (χ0v) is 43.4. The highest BCUT2D eigenvalue weighted by atomic mass is 15.0. The van der Waals surface area contributed by atoms with Gasteiger partial charge in [0.15, 0.2) is 0 Å². The van der Waals surface area contributed by atoms with Gasteiger partial charge in [-0.3, -0.25) is 0 Å². The van der Waals surface area contributed by atoms with Gasteiger partial charge in [-0.25, -0.2) is 0 Å². The Morgan fingerprint density at radius 3 is 0.541 bits per heavy atom. The first-order chi connectivity index (χ1) is 30.3. The molecule has 3 heteroatoms. The van der Waals surface area contributed by atoms with Crippen molar-refractivity contribution in [3.63, 3.8) is 0 Å². The van der Waals surface area contributed by atoms with Crippen LogP contribution in [0.25, 0.3) is 0 Å². The average Bonchev–Trinajstić information content (AvgIpc) is 3.27. The maximum Gasteiger partial charge on any atom is 0.00793 e. The molecule has 0 unspecified atom stereocenters. The minimum Gasteiger partial charge on any atom is -0.314 e. The molecule has 0 fully saturated rings. The zero-order chi connectivity index (χ0) is 44.0. The van der Waals surface area contributed by atoms with E-state index in [9.17, 15) is 0 Å². The molecule has 0 aliphatic heterocycles. The van der Waals surface area contributed by atoms with Crippen LogP contribution in [0.2, 0.25) is 0 Å². The number of unbranched alkanes of at least 4 members (excludes halogenated alkanes) is 40. The second-order valence-electron chi connectivity index (χ2n) is 20.3. The van der Waals surface area contributed by atoms with Gasteiger partial charge >= 0.3 is 0 Å². The van der Waals surface area contributed by atoms with Gasteiger partial charge in [-0.1, -0.05) is 310 Å². The third-order valence-corrected chi connectivity index (χ3v) is 14.1. The molecule has 0 aromatic carbocycles. The fourth-order valence-corrected chi connectivity index (χ4v) is 9.77. The van der Waals surface area contributed by atoms with Gasteiger partial charge in [-0.05, 0) is 25.7 Å². The van der Waals surface area contributed by atoms with Crippen molar-refractivity contribution in [3.8, 4) is 0 Å². The summed E-state index contributed by atoms with van der Waals surface area (Å²) < 4.78 is 0. The quantitative estimate of drug-likeness (QED) is 0.0533. The van der Waals surface area contributed by atoms with E-state index in [2.05, 4.69) is 43.6 Å². The molecule has 0 rings (SSSR count). The van der Waals surface area contributed by atoms with E-state index >= 15 is 0 Å². The van der Waals surface area contributed by atoms with Gasteiger partial charge in [-0.2, -0.15) is 0 Å². The Morgan fingerprint density at radius 1 is 0.197 bits per heavy atom. The first kappa shape index (κ1) is 60.9. The monoisotopic (exact) mass is 860 g/mol. The van der Waals surface area contributed by atoms with Gasteiger partial charge in [0.25, 0.3) is 0 Å². The third-order valence-electron chi connectivity index (χ3n) is 14.1. The molecule has 0 bridgehead atoms. The first-order valence-corrected chi connectivity index (χ1v) is 29.5. The summed E-state index contributed by atoms with van der Waals surface area (Å²) in [5.41, 5.74) is 0. The van der Waals surface area contributed by atoms with E-state index in [0.29, 0.717) is 0 Å². The summed E-state index contributed by atoms with van der Waals surface area (Å²) in [4.78, 5) is 0. The van der Waals surface area contributed by atoms with E-state index in [-0.39, 0.29) is 0 Å². The molecular formula is C58H121N3. The fraction of sp³-hybridized carbons (Fsp3) is 1.00. The number of rotatable bonds is 56. The van der Waals surface area contributed by atoms with Crippen molar-refractivity contribution in [1.82, 2.24) is 16.0 Å². The summed E-state index contributed by atoms with van der Waals surface area (Å²) >= 11 is 0. The van der Waals surface area contributed by atoms with Crippen molar-refractivity contribution in [2.75, 3.05) is 26.2 Å². The lowest BCUT2D eigenvalue weighted by Crippen LogP contribution is -2.39. The minimum absolute atomic E-state index is 0.720. The van der Waals surface area contributed by atoms with Gasteiger partial charge < -0.3 is 16.0 Å². The molecule has 0 atom stereocenters. The SMILES string of the molecule is CCCCCCCCCCCCCC(CCCCCCCCCCCCC)NCCNCCNC(CCCCCCCCCCCCC)CCCCCCCCCCCCC. The van der Waals surface area contributed by atoms with E-state index in [1.807, 2.05) is 0 Å². The molecule has 61 heavy (non-hydrogen) atoms. The summed E-state index contributed by atoms with van der Waals surface area (Å²) in [6, 6.07) is 1.44. The third kappa shape index (κ3) is 52.4. The predicted octanol–water partition coefficient (Wildman–Crippen LogP) is 19.3. The molecule has 3 N–H and O–H groups in total.